The molecule has 3 aromatic rings. The maximum Gasteiger partial charge on any atom is 0.379 e. The van der Waals surface area contributed by atoms with E-state index in [0.717, 1.165) is 57.4 Å². The molecule has 2 aliphatic rings. The molecular formula is C25H29N7O3. The maximum absolute atomic E-state index is 12.1. The van der Waals surface area contributed by atoms with Gasteiger partial charge in [-0.25, -0.2) is 10.2 Å². The normalized spacial score (nSPS) is 16.5. The van der Waals surface area contributed by atoms with Crippen LogP contribution in [0.15, 0.2) is 52.2 Å². The number of nitrogens with zero attached hydrogens (tertiary/aromatic N) is 6. The minimum Gasteiger partial charge on any atom is -0.457 e. The van der Waals surface area contributed by atoms with Gasteiger partial charge in [0.2, 0.25) is 23.6 Å². The van der Waals surface area contributed by atoms with E-state index in [2.05, 4.69) is 30.3 Å². The second-order valence-corrected chi connectivity index (χ2v) is 8.66. The molecule has 1 aromatic carbocycles. The first kappa shape index (κ1) is 22.8. The topological polar surface area (TPSA) is 109 Å². The van der Waals surface area contributed by atoms with E-state index in [9.17, 15) is 4.79 Å². The van der Waals surface area contributed by atoms with Crippen molar-refractivity contribution in [3.8, 4) is 5.75 Å². The van der Waals surface area contributed by atoms with Gasteiger partial charge in [-0.1, -0.05) is 12.1 Å². The Labute approximate surface area is 204 Å². The molecule has 4 heterocycles. The van der Waals surface area contributed by atoms with Gasteiger partial charge in [0, 0.05) is 26.2 Å². The first-order valence-corrected chi connectivity index (χ1v) is 12.2. The lowest BCUT2D eigenvalue weighted by Gasteiger charge is -2.30. The summed E-state index contributed by atoms with van der Waals surface area (Å²) in [4.78, 5) is 30.6. The largest absolute Gasteiger partial charge is 0.457 e. The third-order valence-electron chi connectivity index (χ3n) is 6.06. The number of nitrogens with one attached hydrogen (secondary N) is 1. The Morgan fingerprint density at radius 3 is 2.23 bits per heavy atom. The van der Waals surface area contributed by atoms with Crippen LogP contribution in [0.4, 0.5) is 17.8 Å². The van der Waals surface area contributed by atoms with Gasteiger partial charge in [0.15, 0.2) is 0 Å². The van der Waals surface area contributed by atoms with Crippen molar-refractivity contribution in [2.45, 2.75) is 38.5 Å². The van der Waals surface area contributed by atoms with Crippen LogP contribution in [-0.4, -0.2) is 53.3 Å². The Kier molecular flexibility index (Phi) is 7.16. The average molecular weight is 476 g/mol. The van der Waals surface area contributed by atoms with Crippen LogP contribution in [0.5, 0.6) is 5.75 Å². The van der Waals surface area contributed by atoms with Crippen molar-refractivity contribution in [3.05, 3.63) is 54.0 Å². The minimum absolute atomic E-state index is 0.148. The van der Waals surface area contributed by atoms with Crippen LogP contribution in [0.3, 0.4) is 0 Å². The summed E-state index contributed by atoms with van der Waals surface area (Å²) < 4.78 is 10.5. The van der Waals surface area contributed by atoms with E-state index >= 15 is 0 Å². The van der Waals surface area contributed by atoms with Crippen molar-refractivity contribution < 1.29 is 13.9 Å². The van der Waals surface area contributed by atoms with Crippen LogP contribution >= 0.6 is 0 Å². The highest BCUT2D eigenvalue weighted by atomic mass is 16.5. The standard InChI is InChI=1S/C25H29N7O3/c33-22(21-11-8-16-34-21)35-20-10-7-9-19(17-20)18-26-30-23-27-24(31-12-3-1-4-13-31)29-25(28-23)32-14-5-2-6-15-32/h7-11,16-18H,1-6,12-15H2,(H,27,28,29,30). The van der Waals surface area contributed by atoms with Crippen LogP contribution in [0.25, 0.3) is 0 Å². The lowest BCUT2D eigenvalue weighted by atomic mass is 10.1. The molecule has 10 nitrogen and oxygen atoms in total. The van der Waals surface area contributed by atoms with Crippen molar-refractivity contribution >= 4 is 30.0 Å². The van der Waals surface area contributed by atoms with E-state index in [1.54, 1.807) is 36.5 Å². The third kappa shape index (κ3) is 5.95. The molecule has 10 heteroatoms. The molecule has 0 spiro atoms. The third-order valence-corrected chi connectivity index (χ3v) is 6.06. The number of benzene rings is 1. The highest BCUT2D eigenvalue weighted by Gasteiger charge is 2.20. The molecule has 5 rings (SSSR count). The Hall–Kier alpha value is -3.95. The van der Waals surface area contributed by atoms with Gasteiger partial charge >= 0.3 is 5.97 Å². The van der Waals surface area contributed by atoms with Crippen LogP contribution < -0.4 is 20.0 Å². The van der Waals surface area contributed by atoms with Gasteiger partial charge in [0.1, 0.15) is 5.75 Å². The first-order valence-electron chi connectivity index (χ1n) is 12.2. The molecule has 0 unspecified atom stereocenters. The lowest BCUT2D eigenvalue weighted by Crippen LogP contribution is -2.34. The van der Waals surface area contributed by atoms with E-state index < -0.39 is 5.97 Å². The van der Waals surface area contributed by atoms with Crippen LogP contribution in [0.2, 0.25) is 0 Å². The maximum atomic E-state index is 12.1. The fraction of sp³-hybridized carbons (Fsp3) is 0.400. The molecule has 182 valence electrons. The number of anilines is 3. The lowest BCUT2D eigenvalue weighted by molar-refractivity contribution is 0.0701. The van der Waals surface area contributed by atoms with E-state index in [1.807, 2.05) is 6.07 Å². The van der Waals surface area contributed by atoms with Gasteiger partial charge < -0.3 is 19.0 Å². The summed E-state index contributed by atoms with van der Waals surface area (Å²) in [5.74, 6) is 1.81. The SMILES string of the molecule is O=C(Oc1cccc(C=NNc2nc(N3CCCCC3)nc(N3CCCCC3)n2)c1)c1ccco1. The zero-order valence-electron chi connectivity index (χ0n) is 19.6. The molecule has 0 aliphatic carbocycles. The molecule has 2 aliphatic heterocycles. The van der Waals surface area contributed by atoms with Gasteiger partial charge in [-0.2, -0.15) is 20.1 Å². The summed E-state index contributed by atoms with van der Waals surface area (Å²) in [6, 6.07) is 10.3. The number of hydrogen-bond donors (Lipinski definition) is 1. The number of carbonyl (C=O) groups excluding carboxylic acids is 1. The van der Waals surface area contributed by atoms with E-state index in [-0.39, 0.29) is 5.76 Å². The van der Waals surface area contributed by atoms with Crippen LogP contribution in [0, 0.1) is 0 Å². The highest BCUT2D eigenvalue weighted by Crippen LogP contribution is 2.22. The Bertz CT molecular complexity index is 1120. The van der Waals surface area contributed by atoms with Crippen molar-refractivity contribution in [1.82, 2.24) is 15.0 Å². The van der Waals surface area contributed by atoms with Crippen molar-refractivity contribution in [1.29, 1.82) is 0 Å². The van der Waals surface area contributed by atoms with Crippen LogP contribution in [0.1, 0.15) is 54.6 Å². The van der Waals surface area contributed by atoms with E-state index in [0.29, 0.717) is 23.6 Å². The molecular weight excluding hydrogens is 446 g/mol. The number of hydrazone groups is 1. The molecule has 0 atom stereocenters. The number of piperidine rings is 2. The number of hydrogen-bond acceptors (Lipinski definition) is 10. The number of rotatable bonds is 7. The van der Waals surface area contributed by atoms with Gasteiger partial charge in [-0.05, 0) is 68.4 Å². The molecule has 1 N–H and O–H groups in total. The predicted octanol–water partition coefficient (Wildman–Crippen LogP) is 4.11. The summed E-state index contributed by atoms with van der Waals surface area (Å²) in [5.41, 5.74) is 3.72. The first-order chi connectivity index (χ1) is 17.2. The van der Waals surface area contributed by atoms with Crippen LogP contribution in [-0.2, 0) is 0 Å². The van der Waals surface area contributed by atoms with Gasteiger partial charge in [-0.3, -0.25) is 0 Å². The Morgan fingerprint density at radius 2 is 1.60 bits per heavy atom. The molecule has 0 saturated carbocycles. The second kappa shape index (κ2) is 11.0. The Morgan fingerprint density at radius 1 is 0.914 bits per heavy atom. The number of esters is 1. The smallest absolute Gasteiger partial charge is 0.379 e. The average Bonchev–Trinajstić information content (AvgIpc) is 3.45. The zero-order valence-corrected chi connectivity index (χ0v) is 19.6. The number of carbonyl (C=O) groups is 1. The fourth-order valence-electron chi connectivity index (χ4n) is 4.25. The summed E-state index contributed by atoms with van der Waals surface area (Å²) in [6.45, 7) is 3.82. The monoisotopic (exact) mass is 475 g/mol. The number of furan rings is 1. The van der Waals surface area contributed by atoms with Crippen molar-refractivity contribution in [3.63, 3.8) is 0 Å². The number of aromatic nitrogens is 3. The molecule has 0 amide bonds. The number of ether oxygens (including phenoxy) is 1. The summed E-state index contributed by atoms with van der Waals surface area (Å²) in [7, 11) is 0. The second-order valence-electron chi connectivity index (χ2n) is 8.66. The zero-order chi connectivity index (χ0) is 23.9. The molecule has 2 aromatic heterocycles. The van der Waals surface area contributed by atoms with Gasteiger partial charge in [-0.15, -0.1) is 0 Å². The minimum atomic E-state index is -0.553. The predicted molar refractivity (Wildman–Crippen MR) is 133 cm³/mol. The fourth-order valence-corrected chi connectivity index (χ4v) is 4.25. The molecule has 0 bridgehead atoms. The van der Waals surface area contributed by atoms with Crippen molar-refractivity contribution in [2.75, 3.05) is 41.4 Å². The van der Waals surface area contributed by atoms with Gasteiger partial charge in [0.05, 0.1) is 12.5 Å². The van der Waals surface area contributed by atoms with E-state index in [1.165, 1.54) is 19.1 Å². The summed E-state index contributed by atoms with van der Waals surface area (Å²) >= 11 is 0. The molecule has 0 radical (unpaired) electrons. The summed E-state index contributed by atoms with van der Waals surface area (Å²) in [6.07, 6.45) is 10.1. The molecule has 2 fully saturated rings. The highest BCUT2D eigenvalue weighted by molar-refractivity contribution is 5.88. The summed E-state index contributed by atoms with van der Waals surface area (Å²) in [5, 5.41) is 4.33. The van der Waals surface area contributed by atoms with Gasteiger partial charge in [0.25, 0.3) is 0 Å². The quantitative estimate of drug-likeness (QED) is 0.234. The Balaban J connectivity index is 1.30. The molecule has 2 saturated heterocycles. The van der Waals surface area contributed by atoms with E-state index in [4.69, 9.17) is 14.1 Å². The van der Waals surface area contributed by atoms with Crippen molar-refractivity contribution in [2.24, 2.45) is 5.10 Å². The molecule has 35 heavy (non-hydrogen) atoms.